The summed E-state index contributed by atoms with van der Waals surface area (Å²) in [6.45, 7) is 3.02. The molecule has 18 heavy (non-hydrogen) atoms. The van der Waals surface area contributed by atoms with Gasteiger partial charge < -0.3 is 10.2 Å². The fourth-order valence-corrected chi connectivity index (χ4v) is 2.10. The summed E-state index contributed by atoms with van der Waals surface area (Å²) < 4.78 is 1.47. The van der Waals surface area contributed by atoms with Crippen molar-refractivity contribution in [3.63, 3.8) is 0 Å². The summed E-state index contributed by atoms with van der Waals surface area (Å²) in [7, 11) is 0. The number of amides is 2. The van der Waals surface area contributed by atoms with Crippen LogP contribution in [0.25, 0.3) is 0 Å². The Morgan fingerprint density at radius 2 is 2.44 bits per heavy atom. The number of aromatic nitrogens is 2. The van der Waals surface area contributed by atoms with Crippen LogP contribution in [-0.4, -0.2) is 45.6 Å². The number of nitrogens with one attached hydrogen (secondary N) is 1. The molecule has 1 atom stereocenters. The number of carbonyl (C=O) groups is 2. The van der Waals surface area contributed by atoms with Crippen molar-refractivity contribution in [2.45, 2.75) is 25.9 Å². The molecule has 6 nitrogen and oxygen atoms in total. The van der Waals surface area contributed by atoms with Crippen molar-refractivity contribution >= 4 is 23.4 Å². The summed E-state index contributed by atoms with van der Waals surface area (Å²) in [6, 6.07) is -0.439. The van der Waals surface area contributed by atoms with Gasteiger partial charge in [-0.05, 0) is 13.3 Å². The lowest BCUT2D eigenvalue weighted by molar-refractivity contribution is -0.139. The molecule has 0 aliphatic carbocycles. The van der Waals surface area contributed by atoms with Crippen molar-refractivity contribution in [3.8, 4) is 0 Å². The van der Waals surface area contributed by atoms with Gasteiger partial charge in [-0.1, -0.05) is 11.6 Å². The van der Waals surface area contributed by atoms with Crippen LogP contribution in [0.4, 0.5) is 0 Å². The SMILES string of the molecule is C[C@H]1C(=O)NCCCN1C(=O)Cn1cc(Cl)cn1. The summed E-state index contributed by atoms with van der Waals surface area (Å²) >= 11 is 5.74. The molecular formula is C11H15ClN4O2. The number of rotatable bonds is 2. The molecule has 1 aromatic rings. The monoisotopic (exact) mass is 270 g/mol. The van der Waals surface area contributed by atoms with Crippen LogP contribution in [0.15, 0.2) is 12.4 Å². The molecule has 0 bridgehead atoms. The second-order valence-electron chi connectivity index (χ2n) is 4.26. The van der Waals surface area contributed by atoms with Gasteiger partial charge >= 0.3 is 0 Å². The zero-order valence-electron chi connectivity index (χ0n) is 10.1. The first kappa shape index (κ1) is 12.9. The third-order valence-electron chi connectivity index (χ3n) is 2.94. The Labute approximate surface area is 110 Å². The molecule has 1 fully saturated rings. The lowest BCUT2D eigenvalue weighted by Crippen LogP contribution is -2.46. The second-order valence-corrected chi connectivity index (χ2v) is 4.70. The van der Waals surface area contributed by atoms with Crippen molar-refractivity contribution in [2.75, 3.05) is 13.1 Å². The van der Waals surface area contributed by atoms with Crippen LogP contribution in [0.3, 0.4) is 0 Å². The van der Waals surface area contributed by atoms with Gasteiger partial charge in [-0.15, -0.1) is 0 Å². The fraction of sp³-hybridized carbons (Fsp3) is 0.545. The summed E-state index contributed by atoms with van der Waals surface area (Å²) in [5, 5.41) is 7.22. The minimum absolute atomic E-state index is 0.102. The Balaban J connectivity index is 2.05. The van der Waals surface area contributed by atoms with Crippen LogP contribution in [-0.2, 0) is 16.1 Å². The van der Waals surface area contributed by atoms with Crippen molar-refractivity contribution in [1.82, 2.24) is 20.0 Å². The molecule has 2 amide bonds. The van der Waals surface area contributed by atoms with E-state index in [-0.39, 0.29) is 18.4 Å². The minimum atomic E-state index is -0.439. The summed E-state index contributed by atoms with van der Waals surface area (Å²) in [5.41, 5.74) is 0. The Bertz CT molecular complexity index is 460. The van der Waals surface area contributed by atoms with Gasteiger partial charge in [0.15, 0.2) is 0 Å². The molecule has 2 heterocycles. The highest BCUT2D eigenvalue weighted by molar-refractivity contribution is 6.30. The molecule has 0 saturated carbocycles. The van der Waals surface area contributed by atoms with Crippen molar-refractivity contribution in [1.29, 1.82) is 0 Å². The van der Waals surface area contributed by atoms with Gasteiger partial charge in [0.05, 0.1) is 11.2 Å². The number of hydrogen-bond acceptors (Lipinski definition) is 3. The standard InChI is InChI=1S/C11H15ClN4O2/c1-8-11(18)13-3-2-4-16(8)10(17)7-15-6-9(12)5-14-15/h5-6,8H,2-4,7H2,1H3,(H,13,18)/t8-/m0/s1. The van der Waals surface area contributed by atoms with E-state index in [1.165, 1.54) is 10.9 Å². The summed E-state index contributed by atoms with van der Waals surface area (Å²) in [5.74, 6) is -0.237. The molecule has 0 aromatic carbocycles. The molecule has 1 aliphatic heterocycles. The average molecular weight is 271 g/mol. The highest BCUT2D eigenvalue weighted by Gasteiger charge is 2.27. The van der Waals surface area contributed by atoms with E-state index in [2.05, 4.69) is 10.4 Å². The molecule has 1 aromatic heterocycles. The van der Waals surface area contributed by atoms with E-state index >= 15 is 0 Å². The predicted octanol–water partition coefficient (Wildman–Crippen LogP) is 0.273. The fourth-order valence-electron chi connectivity index (χ4n) is 1.94. The Kier molecular flexibility index (Phi) is 3.86. The van der Waals surface area contributed by atoms with Crippen LogP contribution < -0.4 is 5.32 Å². The second kappa shape index (κ2) is 5.39. The van der Waals surface area contributed by atoms with Gasteiger partial charge in [0.1, 0.15) is 12.6 Å². The van der Waals surface area contributed by atoms with E-state index in [9.17, 15) is 9.59 Å². The zero-order valence-corrected chi connectivity index (χ0v) is 10.9. The Morgan fingerprint density at radius 3 is 3.11 bits per heavy atom. The smallest absolute Gasteiger partial charge is 0.244 e. The van der Waals surface area contributed by atoms with Crippen LogP contribution >= 0.6 is 11.6 Å². The maximum absolute atomic E-state index is 12.1. The van der Waals surface area contributed by atoms with Crippen molar-refractivity contribution in [2.24, 2.45) is 0 Å². The zero-order chi connectivity index (χ0) is 13.1. The molecule has 0 radical (unpaired) electrons. The molecule has 1 N–H and O–H groups in total. The van der Waals surface area contributed by atoms with Gasteiger partial charge in [-0.2, -0.15) is 5.10 Å². The van der Waals surface area contributed by atoms with Crippen molar-refractivity contribution in [3.05, 3.63) is 17.4 Å². The topological polar surface area (TPSA) is 67.2 Å². The van der Waals surface area contributed by atoms with E-state index in [1.807, 2.05) is 0 Å². The number of carbonyl (C=O) groups excluding carboxylic acids is 2. The van der Waals surface area contributed by atoms with Crippen LogP contribution in [0.1, 0.15) is 13.3 Å². The van der Waals surface area contributed by atoms with Crippen LogP contribution in [0.5, 0.6) is 0 Å². The van der Waals surface area contributed by atoms with Crippen LogP contribution in [0.2, 0.25) is 5.02 Å². The molecule has 0 spiro atoms. The van der Waals surface area contributed by atoms with Gasteiger partial charge in [0, 0.05) is 19.3 Å². The average Bonchev–Trinajstić information content (AvgIpc) is 2.65. The third-order valence-corrected chi connectivity index (χ3v) is 3.14. The maximum Gasteiger partial charge on any atom is 0.244 e. The van der Waals surface area contributed by atoms with Gasteiger partial charge in [-0.3, -0.25) is 14.3 Å². The Morgan fingerprint density at radius 1 is 1.67 bits per heavy atom. The van der Waals surface area contributed by atoms with Gasteiger partial charge in [-0.25, -0.2) is 0 Å². The number of nitrogens with zero attached hydrogens (tertiary/aromatic N) is 3. The first-order valence-electron chi connectivity index (χ1n) is 5.83. The van der Waals surface area contributed by atoms with Crippen LogP contribution in [0, 0.1) is 0 Å². The quantitative estimate of drug-likeness (QED) is 0.839. The van der Waals surface area contributed by atoms with Gasteiger partial charge in [0.2, 0.25) is 11.8 Å². The first-order chi connectivity index (χ1) is 8.58. The molecule has 7 heteroatoms. The predicted molar refractivity (Wildman–Crippen MR) is 66.0 cm³/mol. The summed E-state index contributed by atoms with van der Waals surface area (Å²) in [6.07, 6.45) is 3.83. The molecule has 0 unspecified atom stereocenters. The highest BCUT2D eigenvalue weighted by atomic mass is 35.5. The largest absolute Gasteiger partial charge is 0.354 e. The normalized spacial score (nSPS) is 20.4. The van der Waals surface area contributed by atoms with E-state index in [1.54, 1.807) is 18.0 Å². The Hall–Kier alpha value is -1.56. The van der Waals surface area contributed by atoms with E-state index in [0.29, 0.717) is 18.1 Å². The lowest BCUT2D eigenvalue weighted by Gasteiger charge is -2.25. The van der Waals surface area contributed by atoms with Crippen molar-refractivity contribution < 1.29 is 9.59 Å². The molecule has 1 aliphatic rings. The summed E-state index contributed by atoms with van der Waals surface area (Å²) in [4.78, 5) is 25.3. The highest BCUT2D eigenvalue weighted by Crippen LogP contribution is 2.08. The van der Waals surface area contributed by atoms with Gasteiger partial charge in [0.25, 0.3) is 0 Å². The lowest BCUT2D eigenvalue weighted by atomic mass is 10.2. The van der Waals surface area contributed by atoms with E-state index < -0.39 is 6.04 Å². The first-order valence-corrected chi connectivity index (χ1v) is 6.21. The maximum atomic E-state index is 12.1. The molecule has 98 valence electrons. The van der Waals surface area contributed by atoms with E-state index in [0.717, 1.165) is 6.42 Å². The molecular weight excluding hydrogens is 256 g/mol. The number of halogens is 1. The van der Waals surface area contributed by atoms with E-state index in [4.69, 9.17) is 11.6 Å². The molecule has 2 rings (SSSR count). The molecule has 1 saturated heterocycles. The minimum Gasteiger partial charge on any atom is -0.354 e. The third kappa shape index (κ3) is 2.81. The number of hydrogen-bond donors (Lipinski definition) is 1.